The van der Waals surface area contributed by atoms with Gasteiger partial charge in [-0.05, 0) is 12.1 Å². The first-order valence-corrected chi connectivity index (χ1v) is 6.07. The average molecular weight is 338 g/mol. The van der Waals surface area contributed by atoms with Crippen LogP contribution in [-0.4, -0.2) is 20.3 Å². The van der Waals surface area contributed by atoms with Crippen LogP contribution in [0.3, 0.4) is 0 Å². The maximum Gasteiger partial charge on any atom is 0.186 e. The van der Waals surface area contributed by atoms with Crippen molar-refractivity contribution in [2.24, 2.45) is 0 Å². The van der Waals surface area contributed by atoms with Crippen LogP contribution >= 0.6 is 31.9 Å². The zero-order valence-corrected chi connectivity index (χ0v) is 11.3. The lowest BCUT2D eigenvalue weighted by molar-refractivity contribution is -0.0451. The summed E-state index contributed by atoms with van der Waals surface area (Å²) >= 11 is 6.96. The second-order valence-electron chi connectivity index (χ2n) is 3.08. The van der Waals surface area contributed by atoms with Crippen LogP contribution in [0.25, 0.3) is 0 Å². The third kappa shape index (κ3) is 2.36. The molecule has 2 rings (SSSR count). The Bertz CT molecular complexity index is 339. The molecule has 0 aromatic heterocycles. The third-order valence-electron chi connectivity index (χ3n) is 2.15. The van der Waals surface area contributed by atoms with Crippen LogP contribution in [0.1, 0.15) is 11.9 Å². The predicted octanol–water partition coefficient (Wildman–Crippen LogP) is 3.27. The van der Waals surface area contributed by atoms with Gasteiger partial charge in [0.25, 0.3) is 0 Å². The Morgan fingerprint density at radius 3 is 2.20 bits per heavy atom. The van der Waals surface area contributed by atoms with Crippen LogP contribution in [0.15, 0.2) is 21.1 Å². The normalized spacial score (nSPS) is 17.0. The van der Waals surface area contributed by atoms with E-state index < -0.39 is 0 Å². The molecule has 1 heterocycles. The van der Waals surface area contributed by atoms with Gasteiger partial charge in [0.05, 0.1) is 20.3 Å². The van der Waals surface area contributed by atoms with E-state index in [1.165, 1.54) is 0 Å². The van der Waals surface area contributed by atoms with Crippen LogP contribution in [0.5, 0.6) is 5.75 Å². The number of ether oxygens (including phenoxy) is 3. The van der Waals surface area contributed by atoms with Crippen molar-refractivity contribution in [1.82, 2.24) is 0 Å². The monoisotopic (exact) mass is 336 g/mol. The highest BCUT2D eigenvalue weighted by molar-refractivity contribution is 9.11. The molecule has 1 aromatic rings. The molecule has 15 heavy (non-hydrogen) atoms. The molecule has 1 aromatic carbocycles. The van der Waals surface area contributed by atoms with Crippen LogP contribution in [-0.2, 0) is 9.47 Å². The highest BCUT2D eigenvalue weighted by atomic mass is 79.9. The summed E-state index contributed by atoms with van der Waals surface area (Å²) in [6.07, 6.45) is -0.292. The van der Waals surface area contributed by atoms with Gasteiger partial charge in [-0.25, -0.2) is 0 Å². The third-order valence-corrected chi connectivity index (χ3v) is 3.46. The number of hydrogen-bond acceptors (Lipinski definition) is 3. The number of methoxy groups -OCH3 is 1. The Labute approximate surface area is 105 Å². The summed E-state index contributed by atoms with van der Waals surface area (Å²) < 4.78 is 17.9. The molecule has 0 amide bonds. The summed E-state index contributed by atoms with van der Waals surface area (Å²) in [4.78, 5) is 0. The fourth-order valence-electron chi connectivity index (χ4n) is 1.43. The first kappa shape index (κ1) is 11.4. The minimum Gasteiger partial charge on any atom is -0.497 e. The summed E-state index contributed by atoms with van der Waals surface area (Å²) in [6.45, 7) is 1.27. The molecule has 0 unspecified atom stereocenters. The van der Waals surface area contributed by atoms with Crippen LogP contribution in [0.2, 0.25) is 0 Å². The Morgan fingerprint density at radius 1 is 1.20 bits per heavy atom. The molecule has 0 aliphatic carbocycles. The Kier molecular flexibility index (Phi) is 3.66. The molecule has 0 N–H and O–H groups in total. The first-order valence-electron chi connectivity index (χ1n) is 4.48. The number of benzene rings is 1. The summed E-state index contributed by atoms with van der Waals surface area (Å²) in [5.41, 5.74) is 0.966. The number of rotatable bonds is 2. The standard InChI is InChI=1S/C10H10Br2O3/c1-13-6-4-7(11)9(8(12)5-6)10-14-2-3-15-10/h4-5,10H,2-3H2,1H3. The lowest BCUT2D eigenvalue weighted by Crippen LogP contribution is -2.01. The topological polar surface area (TPSA) is 27.7 Å². The fraction of sp³-hybridized carbons (Fsp3) is 0.400. The molecule has 1 aliphatic heterocycles. The molecule has 3 nitrogen and oxygen atoms in total. The molecule has 0 saturated carbocycles. The van der Waals surface area contributed by atoms with E-state index in [4.69, 9.17) is 14.2 Å². The quantitative estimate of drug-likeness (QED) is 0.829. The molecular formula is C10H10Br2O3. The van der Waals surface area contributed by atoms with Crippen LogP contribution < -0.4 is 4.74 Å². The highest BCUT2D eigenvalue weighted by Gasteiger charge is 2.23. The van der Waals surface area contributed by atoms with Crippen LogP contribution in [0, 0.1) is 0 Å². The van der Waals surface area contributed by atoms with E-state index in [2.05, 4.69) is 31.9 Å². The Morgan fingerprint density at radius 2 is 1.73 bits per heavy atom. The Hall–Kier alpha value is -0.100. The maximum atomic E-state index is 5.45. The van der Waals surface area contributed by atoms with Crippen molar-refractivity contribution in [3.05, 3.63) is 26.6 Å². The smallest absolute Gasteiger partial charge is 0.186 e. The zero-order chi connectivity index (χ0) is 10.8. The molecular weight excluding hydrogens is 328 g/mol. The van der Waals surface area contributed by atoms with Gasteiger partial charge >= 0.3 is 0 Å². The van der Waals surface area contributed by atoms with Crippen molar-refractivity contribution in [2.45, 2.75) is 6.29 Å². The predicted molar refractivity (Wildman–Crippen MR) is 63.0 cm³/mol. The van der Waals surface area contributed by atoms with Gasteiger partial charge in [0.1, 0.15) is 5.75 Å². The second kappa shape index (κ2) is 4.82. The van der Waals surface area contributed by atoms with Gasteiger partial charge in [0.2, 0.25) is 0 Å². The van der Waals surface area contributed by atoms with E-state index in [0.717, 1.165) is 20.3 Å². The van der Waals surface area contributed by atoms with Crippen molar-refractivity contribution in [2.75, 3.05) is 20.3 Å². The van der Waals surface area contributed by atoms with Crippen molar-refractivity contribution < 1.29 is 14.2 Å². The molecule has 1 fully saturated rings. The summed E-state index contributed by atoms with van der Waals surface area (Å²) in [7, 11) is 1.64. The summed E-state index contributed by atoms with van der Waals surface area (Å²) in [5.74, 6) is 0.787. The molecule has 1 aliphatic rings. The first-order chi connectivity index (χ1) is 7.22. The molecule has 0 radical (unpaired) electrons. The minimum atomic E-state index is -0.292. The van der Waals surface area contributed by atoms with Crippen molar-refractivity contribution in [1.29, 1.82) is 0 Å². The van der Waals surface area contributed by atoms with E-state index >= 15 is 0 Å². The molecule has 0 atom stereocenters. The minimum absolute atomic E-state index is 0.292. The number of halogens is 2. The lowest BCUT2D eigenvalue weighted by atomic mass is 10.2. The largest absolute Gasteiger partial charge is 0.497 e. The maximum absolute atomic E-state index is 5.45. The van der Waals surface area contributed by atoms with Gasteiger partial charge < -0.3 is 14.2 Å². The summed E-state index contributed by atoms with van der Waals surface area (Å²) in [5, 5.41) is 0. The fourth-order valence-corrected chi connectivity index (χ4v) is 2.95. The zero-order valence-electron chi connectivity index (χ0n) is 8.13. The highest BCUT2D eigenvalue weighted by Crippen LogP contribution is 2.38. The van der Waals surface area contributed by atoms with Gasteiger partial charge in [-0.3, -0.25) is 0 Å². The van der Waals surface area contributed by atoms with E-state index in [9.17, 15) is 0 Å². The van der Waals surface area contributed by atoms with E-state index in [-0.39, 0.29) is 6.29 Å². The van der Waals surface area contributed by atoms with Crippen molar-refractivity contribution in [3.63, 3.8) is 0 Å². The molecule has 1 saturated heterocycles. The van der Waals surface area contributed by atoms with Crippen molar-refractivity contribution in [3.8, 4) is 5.75 Å². The SMILES string of the molecule is COc1cc(Br)c(C2OCCO2)c(Br)c1. The van der Waals surface area contributed by atoms with Gasteiger partial charge in [-0.2, -0.15) is 0 Å². The Balaban J connectivity index is 2.37. The molecule has 5 heteroatoms. The van der Waals surface area contributed by atoms with Gasteiger partial charge in [-0.15, -0.1) is 0 Å². The van der Waals surface area contributed by atoms with E-state index in [0.29, 0.717) is 13.2 Å². The molecule has 0 spiro atoms. The van der Waals surface area contributed by atoms with Gasteiger partial charge in [0.15, 0.2) is 6.29 Å². The lowest BCUT2D eigenvalue weighted by Gasteiger charge is -2.14. The van der Waals surface area contributed by atoms with Gasteiger partial charge in [-0.1, -0.05) is 31.9 Å². The van der Waals surface area contributed by atoms with Crippen LogP contribution in [0.4, 0.5) is 0 Å². The van der Waals surface area contributed by atoms with Gasteiger partial charge in [0, 0.05) is 14.5 Å². The average Bonchev–Trinajstić information content (AvgIpc) is 2.69. The van der Waals surface area contributed by atoms with Crippen molar-refractivity contribution >= 4 is 31.9 Å². The van der Waals surface area contributed by atoms with E-state index in [1.807, 2.05) is 12.1 Å². The molecule has 0 bridgehead atoms. The second-order valence-corrected chi connectivity index (χ2v) is 4.79. The number of hydrogen-bond donors (Lipinski definition) is 0. The molecule has 82 valence electrons. The summed E-state index contributed by atoms with van der Waals surface area (Å²) in [6, 6.07) is 3.79. The van der Waals surface area contributed by atoms with E-state index in [1.54, 1.807) is 7.11 Å².